The summed E-state index contributed by atoms with van der Waals surface area (Å²) in [5.74, 6) is 0.873. The summed E-state index contributed by atoms with van der Waals surface area (Å²) in [5, 5.41) is 6.22. The Bertz CT molecular complexity index is 474. The summed E-state index contributed by atoms with van der Waals surface area (Å²) in [6.07, 6.45) is 5.12. The Morgan fingerprint density at radius 2 is 2.29 bits per heavy atom. The predicted octanol–water partition coefficient (Wildman–Crippen LogP) is 2.58. The van der Waals surface area contributed by atoms with Gasteiger partial charge in [0.1, 0.15) is 5.75 Å². The Morgan fingerprint density at radius 1 is 1.43 bits per heavy atom. The van der Waals surface area contributed by atoms with E-state index < -0.39 is 0 Å². The third-order valence-electron chi connectivity index (χ3n) is 3.95. The third-order valence-corrected chi connectivity index (χ3v) is 3.95. The van der Waals surface area contributed by atoms with E-state index in [0.717, 1.165) is 25.1 Å². The van der Waals surface area contributed by atoms with Crippen LogP contribution in [0.5, 0.6) is 5.75 Å². The first-order valence-electron chi connectivity index (χ1n) is 7.94. The number of carbonyl (C=O) groups excluding carboxylic acids is 1. The molecule has 1 atom stereocenters. The van der Waals surface area contributed by atoms with Gasteiger partial charge in [-0.1, -0.05) is 13.0 Å². The molecule has 0 spiro atoms. The highest BCUT2D eigenvalue weighted by molar-refractivity contribution is 5.75. The van der Waals surface area contributed by atoms with Gasteiger partial charge in [-0.05, 0) is 55.5 Å². The van der Waals surface area contributed by atoms with Crippen LogP contribution in [0.25, 0.3) is 0 Å². The van der Waals surface area contributed by atoms with Gasteiger partial charge in [0.05, 0.1) is 13.0 Å². The molecule has 4 nitrogen and oxygen atoms in total. The van der Waals surface area contributed by atoms with Crippen molar-refractivity contribution in [3.8, 4) is 5.75 Å². The maximum Gasteiger partial charge on any atom is 0.223 e. The highest BCUT2D eigenvalue weighted by Gasteiger charge is 2.20. The first kappa shape index (κ1) is 15.8. The number of ether oxygens (including phenoxy) is 1. The summed E-state index contributed by atoms with van der Waals surface area (Å²) in [7, 11) is 1.64. The average Bonchev–Trinajstić information content (AvgIpc) is 2.52. The van der Waals surface area contributed by atoms with E-state index in [1.807, 2.05) is 6.07 Å². The van der Waals surface area contributed by atoms with E-state index in [1.165, 1.54) is 24.0 Å². The van der Waals surface area contributed by atoms with E-state index in [2.05, 4.69) is 29.7 Å². The standard InChI is InChI=1S/C17H26N2O2/c1-3-10-19-16-6-4-5-13-7-8-14(12-15(13)16)21-11-9-17(20)18-2/h7-8,12,16,19H,3-6,9-11H2,1-2H3,(H,18,20). The molecule has 2 N–H and O–H groups in total. The lowest BCUT2D eigenvalue weighted by atomic mass is 9.87. The molecule has 0 saturated carbocycles. The Kier molecular flexibility index (Phi) is 6.05. The van der Waals surface area contributed by atoms with Gasteiger partial charge in [0.2, 0.25) is 5.91 Å². The lowest BCUT2D eigenvalue weighted by Gasteiger charge is -2.27. The summed E-state index contributed by atoms with van der Waals surface area (Å²) in [4.78, 5) is 11.2. The van der Waals surface area contributed by atoms with Crippen LogP contribution in [0, 0.1) is 0 Å². The molecule has 2 rings (SSSR count). The highest BCUT2D eigenvalue weighted by Crippen LogP contribution is 2.32. The Labute approximate surface area is 127 Å². The fraction of sp³-hybridized carbons (Fsp3) is 0.588. The molecular weight excluding hydrogens is 264 g/mol. The van der Waals surface area contributed by atoms with Crippen LogP contribution in [0.1, 0.15) is 49.8 Å². The summed E-state index contributed by atoms with van der Waals surface area (Å²) >= 11 is 0. The van der Waals surface area contributed by atoms with Gasteiger partial charge >= 0.3 is 0 Å². The molecule has 0 radical (unpaired) electrons. The van der Waals surface area contributed by atoms with Crippen LogP contribution in [0.3, 0.4) is 0 Å². The van der Waals surface area contributed by atoms with E-state index in [0.29, 0.717) is 19.1 Å². The molecule has 1 aliphatic carbocycles. The summed E-state index contributed by atoms with van der Waals surface area (Å²) in [6.45, 7) is 3.66. The van der Waals surface area contributed by atoms with Crippen LogP contribution >= 0.6 is 0 Å². The van der Waals surface area contributed by atoms with Crippen molar-refractivity contribution in [2.75, 3.05) is 20.2 Å². The molecule has 21 heavy (non-hydrogen) atoms. The number of rotatable bonds is 7. The maximum atomic E-state index is 11.2. The van der Waals surface area contributed by atoms with Crippen molar-refractivity contribution in [3.05, 3.63) is 29.3 Å². The van der Waals surface area contributed by atoms with Gasteiger partial charge in [0.25, 0.3) is 0 Å². The van der Waals surface area contributed by atoms with Gasteiger partial charge in [-0.25, -0.2) is 0 Å². The molecular formula is C17H26N2O2. The van der Waals surface area contributed by atoms with E-state index in [-0.39, 0.29) is 5.91 Å². The molecule has 4 heteroatoms. The first-order valence-corrected chi connectivity index (χ1v) is 7.94. The van der Waals surface area contributed by atoms with Gasteiger partial charge in [-0.2, -0.15) is 0 Å². The van der Waals surface area contributed by atoms with Crippen LogP contribution in [0.2, 0.25) is 0 Å². The van der Waals surface area contributed by atoms with Gasteiger partial charge in [0, 0.05) is 13.1 Å². The number of fused-ring (bicyclic) bond motifs is 1. The van der Waals surface area contributed by atoms with E-state index in [4.69, 9.17) is 4.74 Å². The fourth-order valence-corrected chi connectivity index (χ4v) is 2.78. The zero-order valence-electron chi connectivity index (χ0n) is 13.1. The topological polar surface area (TPSA) is 50.4 Å². The molecule has 0 saturated heterocycles. The minimum atomic E-state index is 0.00967. The summed E-state index contributed by atoms with van der Waals surface area (Å²) in [5.41, 5.74) is 2.79. The van der Waals surface area contributed by atoms with Crippen molar-refractivity contribution in [2.24, 2.45) is 0 Å². The normalized spacial score (nSPS) is 17.1. The minimum absolute atomic E-state index is 0.00967. The van der Waals surface area contributed by atoms with Crippen molar-refractivity contribution in [1.29, 1.82) is 0 Å². The Hall–Kier alpha value is -1.55. The SMILES string of the molecule is CCCNC1CCCc2ccc(OCCC(=O)NC)cc21. The number of amides is 1. The van der Waals surface area contributed by atoms with E-state index in [1.54, 1.807) is 7.05 Å². The number of nitrogens with one attached hydrogen (secondary N) is 2. The van der Waals surface area contributed by atoms with Crippen molar-refractivity contribution in [1.82, 2.24) is 10.6 Å². The second-order valence-corrected chi connectivity index (χ2v) is 5.53. The Balaban J connectivity index is 2.00. The van der Waals surface area contributed by atoms with Crippen LogP contribution in [0.4, 0.5) is 0 Å². The first-order chi connectivity index (χ1) is 10.2. The number of aryl methyl sites for hydroxylation is 1. The van der Waals surface area contributed by atoms with E-state index >= 15 is 0 Å². The van der Waals surface area contributed by atoms with Crippen LogP contribution in [-0.4, -0.2) is 26.1 Å². The molecule has 1 aliphatic rings. The lowest BCUT2D eigenvalue weighted by Crippen LogP contribution is -2.26. The third kappa shape index (κ3) is 4.46. The zero-order valence-corrected chi connectivity index (χ0v) is 13.1. The van der Waals surface area contributed by atoms with Crippen LogP contribution in [0.15, 0.2) is 18.2 Å². The van der Waals surface area contributed by atoms with Gasteiger partial charge < -0.3 is 15.4 Å². The number of hydrogen-bond acceptors (Lipinski definition) is 3. The lowest BCUT2D eigenvalue weighted by molar-refractivity contribution is -0.121. The number of carbonyl (C=O) groups is 1. The summed E-state index contributed by atoms with van der Waals surface area (Å²) < 4.78 is 5.71. The molecule has 1 aromatic carbocycles. The van der Waals surface area contributed by atoms with Crippen molar-refractivity contribution < 1.29 is 9.53 Å². The maximum absolute atomic E-state index is 11.2. The minimum Gasteiger partial charge on any atom is -0.493 e. The van der Waals surface area contributed by atoms with Crippen LogP contribution < -0.4 is 15.4 Å². The molecule has 1 aromatic rings. The summed E-state index contributed by atoms with van der Waals surface area (Å²) in [6, 6.07) is 6.78. The largest absolute Gasteiger partial charge is 0.493 e. The quantitative estimate of drug-likeness (QED) is 0.811. The fourth-order valence-electron chi connectivity index (χ4n) is 2.78. The van der Waals surface area contributed by atoms with Crippen molar-refractivity contribution in [3.63, 3.8) is 0 Å². The molecule has 0 aliphatic heterocycles. The van der Waals surface area contributed by atoms with Gasteiger partial charge in [0.15, 0.2) is 0 Å². The molecule has 0 fully saturated rings. The second kappa shape index (κ2) is 8.03. The number of hydrogen-bond donors (Lipinski definition) is 2. The van der Waals surface area contributed by atoms with Crippen molar-refractivity contribution in [2.45, 2.75) is 45.1 Å². The van der Waals surface area contributed by atoms with Gasteiger partial charge in [-0.15, -0.1) is 0 Å². The zero-order chi connectivity index (χ0) is 15.1. The van der Waals surface area contributed by atoms with Gasteiger partial charge in [-0.3, -0.25) is 4.79 Å². The predicted molar refractivity (Wildman–Crippen MR) is 84.6 cm³/mol. The smallest absolute Gasteiger partial charge is 0.223 e. The molecule has 116 valence electrons. The van der Waals surface area contributed by atoms with Crippen molar-refractivity contribution >= 4 is 5.91 Å². The average molecular weight is 290 g/mol. The molecule has 1 amide bonds. The molecule has 0 bridgehead atoms. The molecule has 1 unspecified atom stereocenters. The number of benzene rings is 1. The van der Waals surface area contributed by atoms with E-state index in [9.17, 15) is 4.79 Å². The monoisotopic (exact) mass is 290 g/mol. The highest BCUT2D eigenvalue weighted by atomic mass is 16.5. The Morgan fingerprint density at radius 3 is 3.05 bits per heavy atom. The molecule has 0 heterocycles. The van der Waals surface area contributed by atoms with Crippen LogP contribution in [-0.2, 0) is 11.2 Å². The second-order valence-electron chi connectivity index (χ2n) is 5.53. The molecule has 0 aromatic heterocycles.